The monoisotopic (exact) mass is 463 g/mol. The lowest BCUT2D eigenvalue weighted by atomic mass is 9.97. The zero-order valence-corrected chi connectivity index (χ0v) is 20.5. The Balaban J connectivity index is 1.35. The third kappa shape index (κ3) is 4.82. The van der Waals surface area contributed by atoms with Crippen LogP contribution in [0.5, 0.6) is 0 Å². The second kappa shape index (κ2) is 10.4. The number of unbranched alkanes of at least 4 members (excludes halogenated alkanes) is 2. The zero-order valence-electron chi connectivity index (χ0n) is 20.5. The van der Waals surface area contributed by atoms with Gasteiger partial charge in [-0.25, -0.2) is 9.50 Å². The number of aryl methyl sites for hydroxylation is 1. The summed E-state index contributed by atoms with van der Waals surface area (Å²) < 4.78 is 7.33. The number of aromatic nitrogens is 4. The molecular formula is C27H37N5O2. The number of fused-ring (bicyclic) bond motifs is 1. The molecule has 7 nitrogen and oxygen atoms in total. The minimum Gasteiger partial charge on any atom is -0.381 e. The van der Waals surface area contributed by atoms with Gasteiger partial charge < -0.3 is 9.72 Å². The van der Waals surface area contributed by atoms with Crippen LogP contribution in [0.4, 0.5) is 0 Å². The number of nitrogens with one attached hydrogen (secondary N) is 1. The summed E-state index contributed by atoms with van der Waals surface area (Å²) in [5.41, 5.74) is 3.34. The maximum absolute atomic E-state index is 12.9. The number of hydrogen-bond donors (Lipinski definition) is 1. The van der Waals surface area contributed by atoms with E-state index in [2.05, 4.69) is 53.0 Å². The van der Waals surface area contributed by atoms with E-state index in [1.165, 1.54) is 30.4 Å². The fraction of sp³-hybridized carbons (Fsp3) is 0.593. The number of likely N-dealkylation sites (tertiary alicyclic amines) is 1. The molecule has 3 aromatic rings. The lowest BCUT2D eigenvalue weighted by molar-refractivity contribution is 0.0832. The molecular weight excluding hydrogens is 426 g/mol. The van der Waals surface area contributed by atoms with Gasteiger partial charge in [0.2, 0.25) is 0 Å². The third-order valence-corrected chi connectivity index (χ3v) is 7.63. The molecule has 182 valence electrons. The molecule has 2 atom stereocenters. The van der Waals surface area contributed by atoms with E-state index in [-0.39, 0.29) is 11.5 Å². The lowest BCUT2D eigenvalue weighted by Crippen LogP contribution is -2.24. The highest BCUT2D eigenvalue weighted by Gasteiger charge is 2.33. The molecule has 5 rings (SSSR count). The van der Waals surface area contributed by atoms with E-state index in [4.69, 9.17) is 9.84 Å². The molecule has 0 saturated carbocycles. The molecule has 1 aromatic carbocycles. The van der Waals surface area contributed by atoms with Crippen molar-refractivity contribution in [3.63, 3.8) is 0 Å². The van der Waals surface area contributed by atoms with Crippen LogP contribution in [0.3, 0.4) is 0 Å². The van der Waals surface area contributed by atoms with Crippen LogP contribution in [0.2, 0.25) is 0 Å². The fourth-order valence-corrected chi connectivity index (χ4v) is 5.65. The van der Waals surface area contributed by atoms with Gasteiger partial charge in [0.25, 0.3) is 5.56 Å². The highest BCUT2D eigenvalue weighted by molar-refractivity contribution is 5.42. The summed E-state index contributed by atoms with van der Waals surface area (Å²) in [6.45, 7) is 8.87. The largest absolute Gasteiger partial charge is 0.381 e. The van der Waals surface area contributed by atoms with Gasteiger partial charge in [0.1, 0.15) is 11.6 Å². The first kappa shape index (κ1) is 23.2. The van der Waals surface area contributed by atoms with Crippen LogP contribution in [0, 0.1) is 5.92 Å². The summed E-state index contributed by atoms with van der Waals surface area (Å²) >= 11 is 0. The van der Waals surface area contributed by atoms with Gasteiger partial charge in [-0.05, 0) is 42.7 Å². The van der Waals surface area contributed by atoms with Crippen molar-refractivity contribution in [3.8, 4) is 0 Å². The summed E-state index contributed by atoms with van der Waals surface area (Å²) in [5, 5.41) is 4.94. The Kier molecular flexibility index (Phi) is 7.11. The van der Waals surface area contributed by atoms with E-state index < -0.39 is 0 Å². The summed E-state index contributed by atoms with van der Waals surface area (Å²) in [6.07, 6.45) is 8.44. The van der Waals surface area contributed by atoms with Gasteiger partial charge in [0.05, 0.1) is 6.20 Å². The van der Waals surface area contributed by atoms with E-state index in [0.717, 1.165) is 63.8 Å². The van der Waals surface area contributed by atoms with Gasteiger partial charge >= 0.3 is 0 Å². The van der Waals surface area contributed by atoms with Crippen molar-refractivity contribution in [1.82, 2.24) is 24.5 Å². The number of ether oxygens (including phenoxy) is 1. The van der Waals surface area contributed by atoms with Gasteiger partial charge in [0, 0.05) is 44.7 Å². The summed E-state index contributed by atoms with van der Waals surface area (Å²) in [6, 6.07) is 8.87. The van der Waals surface area contributed by atoms with Gasteiger partial charge in [-0.3, -0.25) is 9.69 Å². The summed E-state index contributed by atoms with van der Waals surface area (Å²) in [4.78, 5) is 23.1. The maximum Gasteiger partial charge on any atom is 0.276 e. The topological polar surface area (TPSA) is 75.5 Å². The van der Waals surface area contributed by atoms with Crippen molar-refractivity contribution in [2.45, 2.75) is 70.8 Å². The predicted octanol–water partition coefficient (Wildman–Crippen LogP) is 4.28. The van der Waals surface area contributed by atoms with Gasteiger partial charge in [0.15, 0.2) is 5.52 Å². The average Bonchev–Trinajstić information content (AvgIpc) is 3.44. The molecule has 0 amide bonds. The van der Waals surface area contributed by atoms with Gasteiger partial charge in [-0.1, -0.05) is 51.0 Å². The molecule has 2 unspecified atom stereocenters. The third-order valence-electron chi connectivity index (χ3n) is 7.63. The quantitative estimate of drug-likeness (QED) is 0.505. The standard InChI is InChI=1S/C27H37N5O2/c1-3-4-5-8-20-9-6-7-10-22(20)17-31-16-19(2)23(18-31)25-29-27(33)24-15-28-26(32(24)30-25)21-11-13-34-14-12-21/h6-7,9-10,15,19,21,23H,3-5,8,11-14,16-18H2,1-2H3,(H,29,30,33). The molecule has 4 heterocycles. The second-order valence-electron chi connectivity index (χ2n) is 10.1. The van der Waals surface area contributed by atoms with Crippen molar-refractivity contribution in [2.24, 2.45) is 5.92 Å². The van der Waals surface area contributed by atoms with E-state index in [9.17, 15) is 4.79 Å². The minimum absolute atomic E-state index is 0.0947. The van der Waals surface area contributed by atoms with Crippen LogP contribution in [-0.4, -0.2) is 50.8 Å². The van der Waals surface area contributed by atoms with E-state index in [1.54, 1.807) is 6.20 Å². The molecule has 2 saturated heterocycles. The van der Waals surface area contributed by atoms with Crippen LogP contribution in [0.25, 0.3) is 5.52 Å². The molecule has 0 radical (unpaired) electrons. The maximum atomic E-state index is 12.9. The number of rotatable bonds is 8. The van der Waals surface area contributed by atoms with E-state index >= 15 is 0 Å². The Morgan fingerprint density at radius 3 is 2.71 bits per heavy atom. The molecule has 2 aliphatic heterocycles. The van der Waals surface area contributed by atoms with Crippen LogP contribution < -0.4 is 5.56 Å². The zero-order chi connectivity index (χ0) is 23.5. The Morgan fingerprint density at radius 2 is 1.91 bits per heavy atom. The smallest absolute Gasteiger partial charge is 0.276 e. The second-order valence-corrected chi connectivity index (χ2v) is 10.1. The first-order chi connectivity index (χ1) is 16.6. The van der Waals surface area contributed by atoms with Gasteiger partial charge in [-0.15, -0.1) is 0 Å². The van der Waals surface area contributed by atoms with Crippen molar-refractivity contribution in [1.29, 1.82) is 0 Å². The molecule has 34 heavy (non-hydrogen) atoms. The van der Waals surface area contributed by atoms with Crippen molar-refractivity contribution >= 4 is 5.52 Å². The van der Waals surface area contributed by atoms with Crippen LogP contribution in [-0.2, 0) is 17.7 Å². The molecule has 1 N–H and O–H groups in total. The van der Waals surface area contributed by atoms with E-state index in [1.807, 2.05) is 4.52 Å². The molecule has 0 bridgehead atoms. The lowest BCUT2D eigenvalue weighted by Gasteiger charge is -2.21. The molecule has 7 heteroatoms. The number of hydrogen-bond acceptors (Lipinski definition) is 5. The Hall–Kier alpha value is -2.51. The molecule has 0 aliphatic carbocycles. The Morgan fingerprint density at radius 1 is 1.12 bits per heavy atom. The van der Waals surface area contributed by atoms with E-state index in [0.29, 0.717) is 17.4 Å². The first-order valence-electron chi connectivity index (χ1n) is 13.0. The molecule has 2 fully saturated rings. The van der Waals surface area contributed by atoms with Crippen molar-refractivity contribution < 1.29 is 4.74 Å². The molecule has 2 aromatic heterocycles. The Bertz CT molecular complexity index is 1160. The number of benzene rings is 1. The SMILES string of the molecule is CCCCCc1ccccc1CN1CC(C)C(c2nn3c(C4CCOCC4)ncc3c(=O)[nH]2)C1. The van der Waals surface area contributed by atoms with Crippen molar-refractivity contribution in [3.05, 3.63) is 63.6 Å². The normalized spacial score (nSPS) is 22.1. The number of imidazole rings is 1. The highest BCUT2D eigenvalue weighted by atomic mass is 16.5. The Labute approximate surface area is 201 Å². The van der Waals surface area contributed by atoms with Crippen molar-refractivity contribution in [2.75, 3.05) is 26.3 Å². The minimum atomic E-state index is -0.0947. The number of H-pyrrole nitrogens is 1. The summed E-state index contributed by atoms with van der Waals surface area (Å²) in [7, 11) is 0. The van der Waals surface area contributed by atoms with Crippen LogP contribution in [0.15, 0.2) is 35.3 Å². The first-order valence-corrected chi connectivity index (χ1v) is 13.0. The average molecular weight is 464 g/mol. The number of aromatic amines is 1. The molecule has 0 spiro atoms. The summed E-state index contributed by atoms with van der Waals surface area (Å²) in [5.74, 6) is 2.60. The highest BCUT2D eigenvalue weighted by Crippen LogP contribution is 2.32. The van der Waals surface area contributed by atoms with Gasteiger partial charge in [-0.2, -0.15) is 5.10 Å². The van der Waals surface area contributed by atoms with Crippen LogP contribution in [0.1, 0.15) is 80.6 Å². The van der Waals surface area contributed by atoms with Crippen LogP contribution >= 0.6 is 0 Å². The fourth-order valence-electron chi connectivity index (χ4n) is 5.65. The predicted molar refractivity (Wildman–Crippen MR) is 133 cm³/mol. The molecule has 2 aliphatic rings. The number of nitrogens with zero attached hydrogens (tertiary/aromatic N) is 4.